The molecule has 0 aliphatic carbocycles. The molecule has 0 unspecified atom stereocenters. The molecule has 136 valence electrons. The number of H-pyrrole nitrogens is 1. The van der Waals surface area contributed by atoms with Gasteiger partial charge in [0.15, 0.2) is 0 Å². The number of hydrogen-bond donors (Lipinski definition) is 1. The zero-order valence-corrected chi connectivity index (χ0v) is 13.4. The van der Waals surface area contributed by atoms with Gasteiger partial charge in [0.25, 0.3) is 11.6 Å². The number of aromatic amines is 1. The Morgan fingerprint density at radius 2 is 2.04 bits per heavy atom. The van der Waals surface area contributed by atoms with Gasteiger partial charge in [0.05, 0.1) is 11.3 Å². The third kappa shape index (κ3) is 3.58. The van der Waals surface area contributed by atoms with Crippen LogP contribution < -0.4 is 15.9 Å². The standard InChI is InChI=1S/C16H12F3N3O4/c1-2-8-5-11(23)26-14-12(8)13(24)21-15(22-14)25-7-10-4-3-9(6-20-10)16(17,18)19/h3-6H,2,7H2,1H3,(H,21,22,24). The number of ether oxygens (including phenoxy) is 1. The predicted octanol–water partition coefficient (Wildman–Crippen LogP) is 2.43. The van der Waals surface area contributed by atoms with E-state index < -0.39 is 22.9 Å². The summed E-state index contributed by atoms with van der Waals surface area (Å²) in [5.41, 5.74) is -1.57. The average molecular weight is 367 g/mol. The molecule has 3 rings (SSSR count). The van der Waals surface area contributed by atoms with Gasteiger partial charge < -0.3 is 9.15 Å². The van der Waals surface area contributed by atoms with Crippen molar-refractivity contribution in [3.63, 3.8) is 0 Å². The van der Waals surface area contributed by atoms with Crippen molar-refractivity contribution in [1.82, 2.24) is 15.0 Å². The van der Waals surface area contributed by atoms with Crippen molar-refractivity contribution in [3.8, 4) is 6.01 Å². The summed E-state index contributed by atoms with van der Waals surface area (Å²) in [6.45, 7) is 1.54. The first kappa shape index (κ1) is 17.6. The van der Waals surface area contributed by atoms with Crippen LogP contribution in [-0.2, 0) is 19.2 Å². The fourth-order valence-corrected chi connectivity index (χ4v) is 2.30. The highest BCUT2D eigenvalue weighted by atomic mass is 19.4. The fourth-order valence-electron chi connectivity index (χ4n) is 2.30. The lowest BCUT2D eigenvalue weighted by atomic mass is 10.1. The Bertz CT molecular complexity index is 1060. The highest BCUT2D eigenvalue weighted by Gasteiger charge is 2.30. The molecule has 0 radical (unpaired) electrons. The molecule has 0 bridgehead atoms. The molecule has 7 nitrogen and oxygen atoms in total. The number of aryl methyl sites for hydroxylation is 1. The molecule has 3 aromatic rings. The van der Waals surface area contributed by atoms with E-state index in [0.717, 1.165) is 12.1 Å². The molecular formula is C16H12F3N3O4. The Hall–Kier alpha value is -3.17. The largest absolute Gasteiger partial charge is 0.458 e. The van der Waals surface area contributed by atoms with Crippen molar-refractivity contribution in [1.29, 1.82) is 0 Å². The number of aromatic nitrogens is 3. The predicted molar refractivity (Wildman–Crippen MR) is 83.8 cm³/mol. The van der Waals surface area contributed by atoms with E-state index in [2.05, 4.69) is 15.0 Å². The number of fused-ring (bicyclic) bond motifs is 1. The number of pyridine rings is 1. The first-order valence-electron chi connectivity index (χ1n) is 7.50. The van der Waals surface area contributed by atoms with Gasteiger partial charge in [-0.1, -0.05) is 6.92 Å². The number of rotatable bonds is 4. The lowest BCUT2D eigenvalue weighted by Crippen LogP contribution is -2.15. The molecule has 0 saturated heterocycles. The molecule has 3 heterocycles. The van der Waals surface area contributed by atoms with Gasteiger partial charge in [0.1, 0.15) is 12.0 Å². The van der Waals surface area contributed by atoms with Gasteiger partial charge in [-0.25, -0.2) is 4.79 Å². The first-order valence-corrected chi connectivity index (χ1v) is 7.50. The zero-order valence-electron chi connectivity index (χ0n) is 13.4. The fraction of sp³-hybridized carbons (Fsp3) is 0.250. The van der Waals surface area contributed by atoms with Gasteiger partial charge in [-0.3, -0.25) is 14.8 Å². The van der Waals surface area contributed by atoms with Gasteiger partial charge in [-0.05, 0) is 24.1 Å². The summed E-state index contributed by atoms with van der Waals surface area (Å²) in [5.74, 6) is 0. The summed E-state index contributed by atoms with van der Waals surface area (Å²) < 4.78 is 47.7. The highest BCUT2D eigenvalue weighted by molar-refractivity contribution is 5.75. The lowest BCUT2D eigenvalue weighted by molar-refractivity contribution is -0.137. The normalized spacial score (nSPS) is 11.7. The van der Waals surface area contributed by atoms with E-state index in [9.17, 15) is 22.8 Å². The summed E-state index contributed by atoms with van der Waals surface area (Å²) >= 11 is 0. The highest BCUT2D eigenvalue weighted by Crippen LogP contribution is 2.28. The van der Waals surface area contributed by atoms with Crippen LogP contribution in [0.3, 0.4) is 0 Å². The Labute approximate surface area is 143 Å². The van der Waals surface area contributed by atoms with Gasteiger partial charge in [0.2, 0.25) is 5.71 Å². The van der Waals surface area contributed by atoms with Crippen molar-refractivity contribution in [2.24, 2.45) is 0 Å². The quantitative estimate of drug-likeness (QED) is 0.761. The molecule has 0 aromatic carbocycles. The maximum atomic E-state index is 12.5. The number of alkyl halides is 3. The average Bonchev–Trinajstić information content (AvgIpc) is 2.58. The Balaban J connectivity index is 1.86. The monoisotopic (exact) mass is 367 g/mol. The van der Waals surface area contributed by atoms with E-state index in [1.54, 1.807) is 6.92 Å². The van der Waals surface area contributed by atoms with Crippen LogP contribution in [-0.4, -0.2) is 15.0 Å². The topological polar surface area (TPSA) is 98.1 Å². The van der Waals surface area contributed by atoms with E-state index in [-0.39, 0.29) is 29.4 Å². The van der Waals surface area contributed by atoms with Gasteiger partial charge in [-0.2, -0.15) is 18.2 Å². The molecule has 0 fully saturated rings. The van der Waals surface area contributed by atoms with Gasteiger partial charge in [0, 0.05) is 12.3 Å². The van der Waals surface area contributed by atoms with Crippen molar-refractivity contribution < 1.29 is 22.3 Å². The molecule has 1 N–H and O–H groups in total. The third-order valence-electron chi connectivity index (χ3n) is 3.56. The SMILES string of the molecule is CCc1cc(=O)oc2nc(OCc3ccc(C(F)(F)F)cn3)[nH]c(=O)c12. The first-order chi connectivity index (χ1) is 12.3. The summed E-state index contributed by atoms with van der Waals surface area (Å²) in [6, 6.07) is 3.00. The van der Waals surface area contributed by atoms with E-state index in [0.29, 0.717) is 18.2 Å². The summed E-state index contributed by atoms with van der Waals surface area (Å²) in [4.78, 5) is 33.7. The summed E-state index contributed by atoms with van der Waals surface area (Å²) in [5, 5.41) is 0.145. The second-order valence-corrected chi connectivity index (χ2v) is 5.32. The number of nitrogens with zero attached hydrogens (tertiary/aromatic N) is 2. The van der Waals surface area contributed by atoms with Gasteiger partial charge >= 0.3 is 11.8 Å². The Morgan fingerprint density at radius 1 is 1.27 bits per heavy atom. The van der Waals surface area contributed by atoms with Crippen LogP contribution in [0.5, 0.6) is 6.01 Å². The van der Waals surface area contributed by atoms with Crippen molar-refractivity contribution in [2.45, 2.75) is 26.1 Å². The summed E-state index contributed by atoms with van der Waals surface area (Å²) in [7, 11) is 0. The Kier molecular flexibility index (Phi) is 4.49. The van der Waals surface area contributed by atoms with Crippen molar-refractivity contribution >= 4 is 11.1 Å². The smallest absolute Gasteiger partial charge is 0.417 e. The molecule has 0 amide bonds. The van der Waals surface area contributed by atoms with E-state index in [1.807, 2.05) is 0 Å². The molecular weight excluding hydrogens is 355 g/mol. The zero-order chi connectivity index (χ0) is 18.9. The molecule has 0 aliphatic heterocycles. The number of halogens is 3. The van der Waals surface area contributed by atoms with Crippen molar-refractivity contribution in [2.75, 3.05) is 0 Å². The van der Waals surface area contributed by atoms with Crippen LogP contribution in [0.15, 0.2) is 38.4 Å². The minimum atomic E-state index is -4.48. The van der Waals surface area contributed by atoms with Crippen LogP contribution in [0.2, 0.25) is 0 Å². The van der Waals surface area contributed by atoms with E-state index in [1.165, 1.54) is 6.07 Å². The number of nitrogens with one attached hydrogen (secondary N) is 1. The molecule has 3 aromatic heterocycles. The van der Waals surface area contributed by atoms with E-state index >= 15 is 0 Å². The van der Waals surface area contributed by atoms with Crippen LogP contribution in [0, 0.1) is 0 Å². The maximum absolute atomic E-state index is 12.5. The minimum Gasteiger partial charge on any atom is -0.458 e. The molecule has 0 atom stereocenters. The molecule has 0 saturated carbocycles. The second kappa shape index (κ2) is 6.62. The van der Waals surface area contributed by atoms with E-state index in [4.69, 9.17) is 9.15 Å². The second-order valence-electron chi connectivity index (χ2n) is 5.32. The van der Waals surface area contributed by atoms with Crippen LogP contribution in [0.25, 0.3) is 11.1 Å². The Morgan fingerprint density at radius 3 is 2.65 bits per heavy atom. The third-order valence-corrected chi connectivity index (χ3v) is 3.56. The lowest BCUT2D eigenvalue weighted by Gasteiger charge is -2.08. The molecule has 10 heteroatoms. The summed E-state index contributed by atoms with van der Waals surface area (Å²) in [6.07, 6.45) is -3.36. The van der Waals surface area contributed by atoms with Crippen LogP contribution in [0.1, 0.15) is 23.7 Å². The minimum absolute atomic E-state index is 0.145. The van der Waals surface area contributed by atoms with Gasteiger partial charge in [-0.15, -0.1) is 0 Å². The van der Waals surface area contributed by atoms with Crippen LogP contribution in [0.4, 0.5) is 13.2 Å². The molecule has 26 heavy (non-hydrogen) atoms. The van der Waals surface area contributed by atoms with Crippen molar-refractivity contribution in [3.05, 3.63) is 62.0 Å². The molecule has 0 aliphatic rings. The molecule has 0 spiro atoms. The van der Waals surface area contributed by atoms with Crippen LogP contribution >= 0.6 is 0 Å². The number of hydrogen-bond acceptors (Lipinski definition) is 6. The maximum Gasteiger partial charge on any atom is 0.417 e.